The van der Waals surface area contributed by atoms with E-state index in [-0.39, 0.29) is 5.43 Å². The molecule has 0 amide bonds. The van der Waals surface area contributed by atoms with Crippen molar-refractivity contribution >= 4 is 23.0 Å². The van der Waals surface area contributed by atoms with Crippen LogP contribution in [0.4, 0.5) is 0 Å². The summed E-state index contributed by atoms with van der Waals surface area (Å²) in [6.07, 6.45) is 2.56. The number of carboxylic acids is 1. The highest BCUT2D eigenvalue weighted by molar-refractivity contribution is 5.85. The maximum atomic E-state index is 12.2. The average Bonchev–Trinajstić information content (AvgIpc) is 2.91. The fraction of sp³-hybridized carbons (Fsp3) is 0.143. The second kappa shape index (κ2) is 12.1. The summed E-state index contributed by atoms with van der Waals surface area (Å²) in [7, 11) is 6.25. The van der Waals surface area contributed by atoms with Gasteiger partial charge >= 0.3 is 5.97 Å². The van der Waals surface area contributed by atoms with Gasteiger partial charge < -0.3 is 28.5 Å². The van der Waals surface area contributed by atoms with Gasteiger partial charge in [0.2, 0.25) is 0 Å². The Morgan fingerprint density at radius 2 is 1.53 bits per heavy atom. The minimum Gasteiger partial charge on any atom is -0.497 e. The second-order valence-electron chi connectivity index (χ2n) is 7.35. The monoisotopic (exact) mass is 490 g/mol. The third kappa shape index (κ3) is 6.44. The molecular weight excluding hydrogens is 464 g/mol. The third-order valence-electron chi connectivity index (χ3n) is 5.12. The molecule has 0 spiro atoms. The number of hydrogen-bond acceptors (Lipinski definition) is 7. The standard InChI is InChI=1S/C17H14O4.C11H12O4/c1-19-12-5-3-4-11(8-12)16-10-15(18)14-7-6-13(20-2)9-17(14)21-16;1-14-9-5-3-8(4-6-11(12)13)7-10(9)15-2/h3-10H,1-2H3;3-7H,1-2H3,(H,12,13). The minimum atomic E-state index is -0.982. The zero-order valence-electron chi connectivity index (χ0n) is 20.3. The van der Waals surface area contributed by atoms with Crippen LogP contribution < -0.4 is 24.4 Å². The van der Waals surface area contributed by atoms with Gasteiger partial charge in [0, 0.05) is 23.8 Å². The van der Waals surface area contributed by atoms with Gasteiger partial charge in [-0.15, -0.1) is 0 Å². The number of hydrogen-bond donors (Lipinski definition) is 1. The van der Waals surface area contributed by atoms with Crippen LogP contribution in [-0.2, 0) is 4.79 Å². The van der Waals surface area contributed by atoms with Gasteiger partial charge in [-0.3, -0.25) is 4.79 Å². The van der Waals surface area contributed by atoms with Gasteiger partial charge in [-0.05, 0) is 48.0 Å². The van der Waals surface area contributed by atoms with Crippen molar-refractivity contribution in [2.75, 3.05) is 28.4 Å². The van der Waals surface area contributed by atoms with E-state index < -0.39 is 5.97 Å². The van der Waals surface area contributed by atoms with E-state index in [2.05, 4.69) is 0 Å². The van der Waals surface area contributed by atoms with E-state index >= 15 is 0 Å². The normalized spacial score (nSPS) is 10.4. The molecule has 1 N–H and O–H groups in total. The van der Waals surface area contributed by atoms with Gasteiger partial charge in [0.25, 0.3) is 0 Å². The first kappa shape index (κ1) is 25.9. The van der Waals surface area contributed by atoms with E-state index in [1.807, 2.05) is 24.3 Å². The Balaban J connectivity index is 0.000000214. The molecule has 0 aliphatic heterocycles. The summed E-state index contributed by atoms with van der Waals surface area (Å²) in [4.78, 5) is 22.5. The summed E-state index contributed by atoms with van der Waals surface area (Å²) in [5.74, 6) is 2.06. The first-order valence-corrected chi connectivity index (χ1v) is 10.8. The molecule has 36 heavy (non-hydrogen) atoms. The van der Waals surface area contributed by atoms with Crippen molar-refractivity contribution in [2.24, 2.45) is 0 Å². The predicted molar refractivity (Wildman–Crippen MR) is 137 cm³/mol. The number of ether oxygens (including phenoxy) is 4. The Morgan fingerprint density at radius 1 is 0.806 bits per heavy atom. The van der Waals surface area contributed by atoms with E-state index in [1.54, 1.807) is 57.7 Å². The van der Waals surface area contributed by atoms with Crippen LogP contribution in [0.5, 0.6) is 23.0 Å². The summed E-state index contributed by atoms with van der Waals surface area (Å²) in [6.45, 7) is 0. The maximum Gasteiger partial charge on any atom is 0.328 e. The Labute approximate surface area is 207 Å². The summed E-state index contributed by atoms with van der Waals surface area (Å²) in [5.41, 5.74) is 1.95. The zero-order chi connectivity index (χ0) is 26.1. The number of benzene rings is 3. The summed E-state index contributed by atoms with van der Waals surface area (Å²) in [6, 6.07) is 19.2. The van der Waals surface area contributed by atoms with Gasteiger partial charge in [0.15, 0.2) is 16.9 Å². The lowest BCUT2D eigenvalue weighted by Crippen LogP contribution is -2.00. The summed E-state index contributed by atoms with van der Waals surface area (Å²) >= 11 is 0. The molecule has 4 aromatic rings. The molecule has 0 aliphatic rings. The van der Waals surface area contributed by atoms with Crippen molar-refractivity contribution in [2.45, 2.75) is 0 Å². The largest absolute Gasteiger partial charge is 0.497 e. The predicted octanol–water partition coefficient (Wildman–Crippen LogP) is 5.28. The first-order valence-electron chi connectivity index (χ1n) is 10.8. The van der Waals surface area contributed by atoms with Crippen LogP contribution in [0.25, 0.3) is 28.4 Å². The van der Waals surface area contributed by atoms with Gasteiger partial charge in [-0.2, -0.15) is 0 Å². The highest BCUT2D eigenvalue weighted by atomic mass is 16.5. The smallest absolute Gasteiger partial charge is 0.328 e. The molecule has 1 aromatic heterocycles. The lowest BCUT2D eigenvalue weighted by atomic mass is 10.1. The van der Waals surface area contributed by atoms with Crippen molar-refractivity contribution in [1.82, 2.24) is 0 Å². The molecule has 1 heterocycles. The quantitative estimate of drug-likeness (QED) is 0.349. The van der Waals surface area contributed by atoms with Crippen molar-refractivity contribution < 1.29 is 33.3 Å². The summed E-state index contributed by atoms with van der Waals surface area (Å²) in [5, 5.41) is 8.99. The topological polar surface area (TPSA) is 104 Å². The molecule has 186 valence electrons. The van der Waals surface area contributed by atoms with Crippen LogP contribution in [0.15, 0.2) is 82.0 Å². The molecule has 0 saturated carbocycles. The molecule has 0 unspecified atom stereocenters. The Morgan fingerprint density at radius 3 is 2.19 bits per heavy atom. The van der Waals surface area contributed by atoms with Gasteiger partial charge in [0.05, 0.1) is 33.8 Å². The van der Waals surface area contributed by atoms with E-state index in [0.29, 0.717) is 39.7 Å². The van der Waals surface area contributed by atoms with Crippen LogP contribution in [0, 0.1) is 0 Å². The molecule has 4 rings (SSSR count). The second-order valence-corrected chi connectivity index (χ2v) is 7.35. The number of aliphatic carboxylic acids is 1. The van der Waals surface area contributed by atoms with Crippen LogP contribution in [-0.4, -0.2) is 39.5 Å². The van der Waals surface area contributed by atoms with E-state index in [0.717, 1.165) is 17.2 Å². The average molecular weight is 491 g/mol. The van der Waals surface area contributed by atoms with Crippen LogP contribution in [0.3, 0.4) is 0 Å². The molecule has 0 saturated heterocycles. The Kier molecular flexibility index (Phi) is 8.72. The van der Waals surface area contributed by atoms with Crippen molar-refractivity contribution in [3.63, 3.8) is 0 Å². The van der Waals surface area contributed by atoms with Crippen LogP contribution in [0.1, 0.15) is 5.56 Å². The minimum absolute atomic E-state index is 0.0864. The number of carboxylic acid groups (broad SMARTS) is 1. The molecule has 0 bridgehead atoms. The number of methoxy groups -OCH3 is 4. The van der Waals surface area contributed by atoms with E-state index in [9.17, 15) is 9.59 Å². The molecule has 0 radical (unpaired) electrons. The Bertz CT molecular complexity index is 1440. The third-order valence-corrected chi connectivity index (χ3v) is 5.12. The molecule has 0 fully saturated rings. The zero-order valence-corrected chi connectivity index (χ0v) is 20.3. The molecule has 8 heteroatoms. The lowest BCUT2D eigenvalue weighted by molar-refractivity contribution is -0.131. The van der Waals surface area contributed by atoms with E-state index in [4.69, 9.17) is 28.5 Å². The number of carbonyl (C=O) groups is 1. The maximum absolute atomic E-state index is 12.2. The van der Waals surface area contributed by atoms with Crippen molar-refractivity contribution in [3.05, 3.63) is 88.6 Å². The van der Waals surface area contributed by atoms with E-state index in [1.165, 1.54) is 19.3 Å². The highest BCUT2D eigenvalue weighted by Gasteiger charge is 2.09. The molecule has 8 nitrogen and oxygen atoms in total. The SMILES string of the molecule is COc1ccc(C=CC(=O)O)cc1OC.COc1cccc(-c2cc(=O)c3ccc(OC)cc3o2)c1. The molecule has 0 aliphatic carbocycles. The Hall–Kier alpha value is -4.72. The van der Waals surface area contributed by atoms with Gasteiger partial charge in [-0.25, -0.2) is 4.79 Å². The van der Waals surface area contributed by atoms with Gasteiger partial charge in [-0.1, -0.05) is 18.2 Å². The molecular formula is C28H26O8. The lowest BCUT2D eigenvalue weighted by Gasteiger charge is -2.07. The molecule has 3 aromatic carbocycles. The fourth-order valence-electron chi connectivity index (χ4n) is 3.30. The first-order chi connectivity index (χ1) is 17.4. The number of rotatable bonds is 7. The van der Waals surface area contributed by atoms with Crippen molar-refractivity contribution in [3.8, 4) is 34.3 Å². The molecule has 0 atom stereocenters. The summed E-state index contributed by atoms with van der Waals surface area (Å²) < 4.78 is 26.3. The van der Waals surface area contributed by atoms with Crippen LogP contribution in [0.2, 0.25) is 0 Å². The van der Waals surface area contributed by atoms with Crippen molar-refractivity contribution in [1.29, 1.82) is 0 Å². The number of fused-ring (bicyclic) bond motifs is 1. The van der Waals surface area contributed by atoms with Gasteiger partial charge in [0.1, 0.15) is 22.8 Å². The van der Waals surface area contributed by atoms with Crippen LogP contribution >= 0.6 is 0 Å². The highest BCUT2D eigenvalue weighted by Crippen LogP contribution is 2.28. The fourth-order valence-corrected chi connectivity index (χ4v) is 3.30.